The van der Waals surface area contributed by atoms with Crippen LogP contribution in [0.25, 0.3) is 77.3 Å². The zero-order valence-electron chi connectivity index (χ0n) is 46.8. The first kappa shape index (κ1) is 63.5. The van der Waals surface area contributed by atoms with Crippen molar-refractivity contribution < 1.29 is 4.79 Å². The lowest BCUT2D eigenvalue weighted by Gasteiger charge is -2.21. The van der Waals surface area contributed by atoms with Gasteiger partial charge in [-0.25, -0.2) is 9.50 Å². The quantitative estimate of drug-likeness (QED) is 0.103. The van der Waals surface area contributed by atoms with Gasteiger partial charge in [0, 0.05) is 58.6 Å². The Morgan fingerprint density at radius 1 is 0.477 bits per heavy atom. The van der Waals surface area contributed by atoms with E-state index >= 15 is 0 Å². The van der Waals surface area contributed by atoms with Crippen LogP contribution in [0, 0.1) is 0 Å². The third-order valence-electron chi connectivity index (χ3n) is 14.8. The van der Waals surface area contributed by atoms with Crippen molar-refractivity contribution in [3.63, 3.8) is 0 Å². The topological polar surface area (TPSA) is 203 Å². The first-order valence-electron chi connectivity index (χ1n) is 27.7. The van der Waals surface area contributed by atoms with Gasteiger partial charge in [-0.3, -0.25) is 32.9 Å². The number of pyridine rings is 3. The number of carbonyl (C=O) groups excluding carboxylic acids is 1. The maximum Gasteiger partial charge on any atom is 0.264 e. The molecular weight excluding hydrogens is 1120 g/mol. The largest absolute Gasteiger partial charge is 0.381 e. The number of anilines is 1. The minimum absolute atomic E-state index is 0. The summed E-state index contributed by atoms with van der Waals surface area (Å²) in [6.45, 7) is 5.61. The Kier molecular flexibility index (Phi) is 20.0. The number of carbonyl (C=O) groups is 1. The van der Waals surface area contributed by atoms with Crippen molar-refractivity contribution in [2.75, 3.05) is 5.73 Å². The van der Waals surface area contributed by atoms with Crippen LogP contribution in [0.5, 0.6) is 0 Å². The van der Waals surface area contributed by atoms with Gasteiger partial charge in [-0.05, 0) is 126 Å². The minimum Gasteiger partial charge on any atom is -0.381 e. The molecule has 14 nitrogen and oxygen atoms in total. The molecular formula is C73H71ClN10O4. The lowest BCUT2D eigenvalue weighted by atomic mass is 9.98. The highest BCUT2D eigenvalue weighted by molar-refractivity contribution is 6.35. The molecule has 8 aromatic carbocycles. The Bertz CT molecular complexity index is 4760. The molecule has 13 rings (SSSR count). The monoisotopic (exact) mass is 1190 g/mol. The summed E-state index contributed by atoms with van der Waals surface area (Å²) in [5, 5.41) is 12.0. The highest BCUT2D eigenvalue weighted by Gasteiger charge is 2.25. The number of nitrogens with two attached hydrogens (primary N) is 3. The van der Waals surface area contributed by atoms with Crippen molar-refractivity contribution >= 4 is 61.3 Å². The Labute approximate surface area is 516 Å². The number of amides is 1. The number of hydrogen-bond donors (Lipinski definition) is 4. The van der Waals surface area contributed by atoms with Gasteiger partial charge in [0.1, 0.15) is 5.56 Å². The average Bonchev–Trinajstić information content (AvgIpc) is 2.06. The van der Waals surface area contributed by atoms with Crippen molar-refractivity contribution in [1.29, 1.82) is 0 Å². The summed E-state index contributed by atoms with van der Waals surface area (Å²) in [6.07, 6.45) is 3.26. The molecule has 0 aliphatic carbocycles. The lowest BCUT2D eigenvalue weighted by Crippen LogP contribution is -2.32. The van der Waals surface area contributed by atoms with Gasteiger partial charge in [0.05, 0.1) is 27.2 Å². The van der Waals surface area contributed by atoms with Gasteiger partial charge in [-0.2, -0.15) is 0 Å². The molecule has 0 saturated heterocycles. The molecule has 444 valence electrons. The number of nitrogen functional groups attached to an aromatic ring is 1. The van der Waals surface area contributed by atoms with E-state index in [0.717, 1.165) is 61.2 Å². The first-order chi connectivity index (χ1) is 41.3. The van der Waals surface area contributed by atoms with E-state index in [1.54, 1.807) is 38.2 Å². The van der Waals surface area contributed by atoms with Gasteiger partial charge < -0.3 is 22.5 Å². The molecule has 0 unspecified atom stereocenters. The summed E-state index contributed by atoms with van der Waals surface area (Å²) in [5.74, 6) is -0.339. The van der Waals surface area contributed by atoms with E-state index in [0.29, 0.717) is 38.2 Å². The number of benzene rings is 8. The van der Waals surface area contributed by atoms with Gasteiger partial charge in [0.25, 0.3) is 22.6 Å². The number of nitrogens with zero attached hydrogens (tertiary/aromatic N) is 6. The van der Waals surface area contributed by atoms with Gasteiger partial charge in [-0.1, -0.05) is 198 Å². The van der Waals surface area contributed by atoms with Crippen LogP contribution in [0.2, 0.25) is 5.02 Å². The Balaban J connectivity index is 0.000000176. The second-order valence-electron chi connectivity index (χ2n) is 20.5. The average molecular weight is 1190 g/mol. The van der Waals surface area contributed by atoms with Crippen molar-refractivity contribution in [3.8, 4) is 39.3 Å². The number of para-hydroxylation sites is 3. The molecule has 7 N–H and O–H groups in total. The third kappa shape index (κ3) is 12.6. The molecule has 88 heavy (non-hydrogen) atoms. The fourth-order valence-corrected chi connectivity index (χ4v) is 11.1. The maximum absolute atomic E-state index is 14.2. The van der Waals surface area contributed by atoms with Crippen LogP contribution in [0.15, 0.2) is 257 Å². The highest BCUT2D eigenvalue weighted by atomic mass is 35.5. The van der Waals surface area contributed by atoms with E-state index in [1.807, 2.05) is 239 Å². The van der Waals surface area contributed by atoms with E-state index < -0.39 is 11.9 Å². The van der Waals surface area contributed by atoms with Crippen LogP contribution in [-0.2, 0) is 0 Å². The van der Waals surface area contributed by atoms with Crippen molar-refractivity contribution in [3.05, 3.63) is 302 Å². The van der Waals surface area contributed by atoms with Crippen LogP contribution in [0.3, 0.4) is 0 Å². The van der Waals surface area contributed by atoms with E-state index in [9.17, 15) is 19.2 Å². The van der Waals surface area contributed by atoms with Crippen molar-refractivity contribution in [2.45, 2.75) is 61.2 Å². The van der Waals surface area contributed by atoms with Crippen LogP contribution in [-0.4, -0.2) is 34.2 Å². The zero-order chi connectivity index (χ0) is 59.3. The van der Waals surface area contributed by atoms with Crippen LogP contribution in [0.4, 0.5) is 5.82 Å². The van der Waals surface area contributed by atoms with Gasteiger partial charge in [-0.15, -0.1) is 5.10 Å². The molecule has 5 aromatic heterocycles. The van der Waals surface area contributed by atoms with Crippen molar-refractivity contribution in [1.82, 2.24) is 33.6 Å². The molecule has 0 aliphatic rings. The van der Waals surface area contributed by atoms with E-state index in [2.05, 4.69) is 15.4 Å². The number of hydrogen-bond acceptors (Lipinski definition) is 9. The number of nitrogens with one attached hydrogen (secondary N) is 1. The predicted molar refractivity (Wildman–Crippen MR) is 363 cm³/mol. The Morgan fingerprint density at radius 3 is 1.28 bits per heavy atom. The molecule has 15 heteroatoms. The predicted octanol–water partition coefficient (Wildman–Crippen LogP) is 15.0. The number of fused-ring (bicyclic) bond motifs is 4. The summed E-state index contributed by atoms with van der Waals surface area (Å²) < 4.78 is 6.51. The fraction of sp³-hybridized carbons (Fsp3) is 0.123. The standard InChI is InChI=1S/C30H24N6O2.C23H20N2O.C17H15ClN2O.3CH4/c1-19(33-29(37)26-27(31)34-35-17-9-16-32-28(26)35)24-18-21-12-8-15-23(20-10-4-2-5-11-20)25(21)30(38)36(24)22-13-6-3-7-14-22;1-16(24)21-15-18-11-8-14-20(17-9-4-2-5-10-17)22(18)23(26)25(21)19-12-6-3-7-13-19;1-11(19)15-10-12-6-5-9-14(18)16(12)17(21)20(15)13-7-3-2-4-8-13;;;/h2-19H,1H3,(H2,31,34)(H,33,37);2-16H,24H2,1H3;2-11H,19H2,1H3;3*1H4/t19-;16-;11-;;;/m000.../s1. The van der Waals surface area contributed by atoms with Crippen LogP contribution < -0.4 is 39.2 Å². The molecule has 5 heterocycles. The SMILES string of the molecule is C.C.C.C[C@H](N)c1cc2cccc(-c3ccccc3)c2c(=O)n1-c1ccccc1.C[C@H](N)c1cc2cccc(Cl)c2c(=O)n1-c1ccccc1.C[C@H](NC(=O)c1c(N)nn2cccnc12)c1cc2cccc(-c3ccccc3)c2c(=O)n1-c1ccccc1. The normalized spacial score (nSPS) is 11.8. The molecule has 1 amide bonds. The number of aromatic nitrogens is 6. The molecule has 0 bridgehead atoms. The maximum atomic E-state index is 14.2. The molecule has 0 spiro atoms. The van der Waals surface area contributed by atoms with E-state index in [1.165, 1.54) is 4.52 Å². The van der Waals surface area contributed by atoms with Crippen LogP contribution in [0.1, 0.15) is 88.6 Å². The molecule has 0 aliphatic heterocycles. The summed E-state index contributed by atoms with van der Waals surface area (Å²) in [4.78, 5) is 58.3. The summed E-state index contributed by atoms with van der Waals surface area (Å²) >= 11 is 6.21. The minimum atomic E-state index is -0.543. The highest BCUT2D eigenvalue weighted by Crippen LogP contribution is 2.32. The van der Waals surface area contributed by atoms with Gasteiger partial charge >= 0.3 is 0 Å². The lowest BCUT2D eigenvalue weighted by molar-refractivity contribution is 0.0941. The Morgan fingerprint density at radius 2 is 0.852 bits per heavy atom. The first-order valence-corrected chi connectivity index (χ1v) is 28.1. The summed E-state index contributed by atoms with van der Waals surface area (Å²) in [6, 6.07) is 72.2. The second-order valence-corrected chi connectivity index (χ2v) is 20.9. The second kappa shape index (κ2) is 27.7. The van der Waals surface area contributed by atoms with Gasteiger partial charge in [0.2, 0.25) is 0 Å². The number of halogens is 1. The van der Waals surface area contributed by atoms with E-state index in [4.69, 9.17) is 28.8 Å². The van der Waals surface area contributed by atoms with E-state index in [-0.39, 0.29) is 62.4 Å². The molecule has 13 aromatic rings. The molecule has 0 radical (unpaired) electrons. The number of rotatable bonds is 10. The van der Waals surface area contributed by atoms with Crippen LogP contribution >= 0.6 is 11.6 Å². The molecule has 0 fully saturated rings. The Hall–Kier alpha value is -10.5. The summed E-state index contributed by atoms with van der Waals surface area (Å²) in [7, 11) is 0. The molecule has 0 saturated carbocycles. The fourth-order valence-electron chi connectivity index (χ4n) is 10.8. The zero-order valence-corrected chi connectivity index (χ0v) is 47.5. The molecule has 3 atom stereocenters. The van der Waals surface area contributed by atoms with Crippen molar-refractivity contribution in [2.24, 2.45) is 11.5 Å². The smallest absolute Gasteiger partial charge is 0.264 e. The summed E-state index contributed by atoms with van der Waals surface area (Å²) in [5.41, 5.74) is 26.8. The third-order valence-corrected chi connectivity index (χ3v) is 15.1. The van der Waals surface area contributed by atoms with Gasteiger partial charge in [0.15, 0.2) is 11.5 Å².